The van der Waals surface area contributed by atoms with E-state index >= 15 is 0 Å². The summed E-state index contributed by atoms with van der Waals surface area (Å²) in [6.07, 6.45) is 0. The fourth-order valence-corrected chi connectivity index (χ4v) is 11.1. The van der Waals surface area contributed by atoms with Crippen LogP contribution in [-0.4, -0.2) is 4.57 Å². The largest absolute Gasteiger partial charge is 0.309 e. The van der Waals surface area contributed by atoms with Crippen molar-refractivity contribution in [3.8, 4) is 27.9 Å². The van der Waals surface area contributed by atoms with E-state index in [1.165, 1.54) is 91.8 Å². The van der Waals surface area contributed by atoms with Crippen molar-refractivity contribution in [2.75, 3.05) is 4.90 Å². The van der Waals surface area contributed by atoms with Gasteiger partial charge >= 0.3 is 0 Å². The van der Waals surface area contributed by atoms with E-state index in [-0.39, 0.29) is 5.41 Å². The highest BCUT2D eigenvalue weighted by Gasteiger charge is 2.36. The van der Waals surface area contributed by atoms with Gasteiger partial charge < -0.3 is 9.47 Å². The second kappa shape index (κ2) is 12.5. The topological polar surface area (TPSA) is 8.17 Å². The van der Waals surface area contributed by atoms with Crippen LogP contribution in [0, 0.1) is 0 Å². The summed E-state index contributed by atoms with van der Waals surface area (Å²) in [5.41, 5.74) is 14.8. The molecule has 0 saturated heterocycles. The molecule has 12 rings (SSSR count). The number of hydrogen-bond acceptors (Lipinski definition) is 2. The number of aromatic nitrogens is 1. The normalized spacial score (nSPS) is 13.1. The lowest BCUT2D eigenvalue weighted by molar-refractivity contribution is 0.660. The van der Waals surface area contributed by atoms with Crippen molar-refractivity contribution < 1.29 is 0 Å². The highest BCUT2D eigenvalue weighted by molar-refractivity contribution is 7.27. The Bertz CT molecular complexity index is 3380. The predicted octanol–water partition coefficient (Wildman–Crippen LogP) is 15.7. The molecule has 0 bridgehead atoms. The van der Waals surface area contributed by atoms with Crippen molar-refractivity contribution in [3.63, 3.8) is 0 Å². The second-order valence-corrected chi connectivity index (χ2v) is 17.1. The van der Waals surface area contributed by atoms with Crippen LogP contribution >= 0.6 is 11.3 Å². The minimum absolute atomic E-state index is 0.110. The smallest absolute Gasteiger partial charge is 0.0640 e. The van der Waals surface area contributed by atoms with E-state index in [9.17, 15) is 0 Å². The van der Waals surface area contributed by atoms with Crippen LogP contribution in [0.5, 0.6) is 0 Å². The molecule has 0 aliphatic heterocycles. The molecule has 9 aromatic carbocycles. The summed E-state index contributed by atoms with van der Waals surface area (Å²) in [7, 11) is 0. The lowest BCUT2D eigenvalue weighted by Gasteiger charge is -2.28. The SMILES string of the molecule is CC1(C)c2ccccc2-c2ccc(N(c3ccc(-c4cccc(-n5c6ccccc6c6ccccc65)c4)cc3)c3cccc4c3sc3c5ccccc5ccc43)cc21. The Kier molecular flexibility index (Phi) is 7.18. The van der Waals surface area contributed by atoms with Crippen LogP contribution in [0.2, 0.25) is 0 Å². The molecule has 0 unspecified atom stereocenters. The maximum Gasteiger partial charge on any atom is 0.0640 e. The first-order valence-electron chi connectivity index (χ1n) is 20.1. The van der Waals surface area contributed by atoms with E-state index in [2.05, 4.69) is 217 Å². The Morgan fingerprint density at radius 2 is 1.07 bits per heavy atom. The Balaban J connectivity index is 1.02. The van der Waals surface area contributed by atoms with Gasteiger partial charge in [-0.3, -0.25) is 0 Å². The van der Waals surface area contributed by atoms with Gasteiger partial charge in [0.2, 0.25) is 0 Å². The first-order chi connectivity index (χ1) is 28.5. The lowest BCUT2D eigenvalue weighted by atomic mass is 9.82. The highest BCUT2D eigenvalue weighted by Crippen LogP contribution is 2.52. The van der Waals surface area contributed by atoms with Gasteiger partial charge in [0.1, 0.15) is 0 Å². The molecule has 274 valence electrons. The van der Waals surface area contributed by atoms with E-state index in [4.69, 9.17) is 0 Å². The maximum atomic E-state index is 2.48. The molecule has 2 nitrogen and oxygen atoms in total. The first-order valence-corrected chi connectivity index (χ1v) is 20.9. The van der Waals surface area contributed by atoms with Crippen LogP contribution < -0.4 is 4.90 Å². The maximum absolute atomic E-state index is 2.48. The summed E-state index contributed by atoms with van der Waals surface area (Å²) in [6.45, 7) is 4.73. The number of hydrogen-bond donors (Lipinski definition) is 0. The van der Waals surface area contributed by atoms with E-state index in [0.717, 1.165) is 17.1 Å². The molecular formula is C55H38N2S. The summed E-state index contributed by atoms with van der Waals surface area (Å²) in [4.78, 5) is 2.48. The summed E-state index contributed by atoms with van der Waals surface area (Å²) in [6, 6.07) is 71.8. The van der Waals surface area contributed by atoms with Crippen LogP contribution in [0.3, 0.4) is 0 Å². The van der Waals surface area contributed by atoms with Gasteiger partial charge in [0.25, 0.3) is 0 Å². The minimum Gasteiger partial charge on any atom is -0.309 e. The molecule has 0 amide bonds. The van der Waals surface area contributed by atoms with Crippen LogP contribution in [-0.2, 0) is 5.41 Å². The molecule has 0 spiro atoms. The molecule has 2 aromatic heterocycles. The molecule has 0 N–H and O–H groups in total. The summed E-state index contributed by atoms with van der Waals surface area (Å²) < 4.78 is 5.02. The van der Waals surface area contributed by atoms with Crippen LogP contribution in [0.25, 0.3) is 80.7 Å². The monoisotopic (exact) mass is 758 g/mol. The van der Waals surface area contributed by atoms with Crippen molar-refractivity contribution in [2.45, 2.75) is 19.3 Å². The Labute approximate surface area is 341 Å². The van der Waals surface area contributed by atoms with Gasteiger partial charge in [-0.15, -0.1) is 11.3 Å². The zero-order valence-corrected chi connectivity index (χ0v) is 33.1. The van der Waals surface area contributed by atoms with Gasteiger partial charge in [0, 0.05) is 48.7 Å². The average molecular weight is 759 g/mol. The van der Waals surface area contributed by atoms with Crippen LogP contribution in [0.4, 0.5) is 17.1 Å². The zero-order chi connectivity index (χ0) is 38.5. The number of thiophene rings is 1. The van der Waals surface area contributed by atoms with Crippen molar-refractivity contribution in [3.05, 3.63) is 205 Å². The van der Waals surface area contributed by atoms with Gasteiger partial charge in [-0.1, -0.05) is 153 Å². The van der Waals surface area contributed by atoms with E-state index < -0.39 is 0 Å². The average Bonchev–Trinajstić information content (AvgIpc) is 3.90. The lowest BCUT2D eigenvalue weighted by Crippen LogP contribution is -2.16. The summed E-state index contributed by atoms with van der Waals surface area (Å²) >= 11 is 1.91. The van der Waals surface area contributed by atoms with Gasteiger partial charge in [-0.2, -0.15) is 0 Å². The standard InChI is InChI=1S/C55H38N2S/c1-55(2)48-21-8-5-17-42(48)43-32-30-40(34-49(43)55)56(52-24-12-20-46-47-31-27-36-13-3-4-16-41(36)53(47)58-54(46)52)38-28-25-35(26-29-38)37-14-11-15-39(33-37)57-50-22-9-6-18-44(50)45-19-7-10-23-51(45)57/h3-34H,1-2H3. The number of para-hydroxylation sites is 2. The molecule has 0 radical (unpaired) electrons. The molecule has 3 heteroatoms. The fraction of sp³-hybridized carbons (Fsp3) is 0.0545. The van der Waals surface area contributed by atoms with Gasteiger partial charge in [-0.05, 0) is 98.8 Å². The molecule has 2 heterocycles. The molecule has 0 fully saturated rings. The minimum atomic E-state index is -0.110. The van der Waals surface area contributed by atoms with Crippen LogP contribution in [0.1, 0.15) is 25.0 Å². The number of rotatable bonds is 5. The molecular weight excluding hydrogens is 721 g/mol. The third-order valence-electron chi connectivity index (χ3n) is 12.6. The third kappa shape index (κ3) is 4.84. The highest BCUT2D eigenvalue weighted by atomic mass is 32.1. The summed E-state index contributed by atoms with van der Waals surface area (Å²) in [5, 5.41) is 7.73. The van der Waals surface area contributed by atoms with E-state index in [0.29, 0.717) is 0 Å². The number of anilines is 3. The van der Waals surface area contributed by atoms with Gasteiger partial charge in [0.15, 0.2) is 0 Å². The number of nitrogens with zero attached hydrogens (tertiary/aromatic N) is 2. The first kappa shape index (κ1) is 33.2. The Morgan fingerprint density at radius 3 is 1.88 bits per heavy atom. The second-order valence-electron chi connectivity index (χ2n) is 16.1. The van der Waals surface area contributed by atoms with Gasteiger partial charge in [0.05, 0.1) is 21.4 Å². The molecule has 11 aromatic rings. The number of benzene rings is 9. The quantitative estimate of drug-likeness (QED) is 0.170. The Hall–Kier alpha value is -6.94. The van der Waals surface area contributed by atoms with Crippen molar-refractivity contribution >= 4 is 81.1 Å². The molecule has 1 aliphatic carbocycles. The third-order valence-corrected chi connectivity index (χ3v) is 13.9. The molecule has 1 aliphatic rings. The molecule has 0 atom stereocenters. The van der Waals surface area contributed by atoms with E-state index in [1.54, 1.807) is 0 Å². The zero-order valence-electron chi connectivity index (χ0n) is 32.3. The fourth-order valence-electron chi connectivity index (χ4n) is 9.77. The van der Waals surface area contributed by atoms with Crippen molar-refractivity contribution in [1.29, 1.82) is 0 Å². The van der Waals surface area contributed by atoms with Crippen LogP contribution in [0.15, 0.2) is 194 Å². The molecule has 0 saturated carbocycles. The molecule has 58 heavy (non-hydrogen) atoms. The predicted molar refractivity (Wildman–Crippen MR) is 249 cm³/mol. The van der Waals surface area contributed by atoms with Crippen molar-refractivity contribution in [1.82, 2.24) is 4.57 Å². The summed E-state index contributed by atoms with van der Waals surface area (Å²) in [5.74, 6) is 0. The number of fused-ring (bicyclic) bond motifs is 11. The van der Waals surface area contributed by atoms with Gasteiger partial charge in [-0.25, -0.2) is 0 Å². The van der Waals surface area contributed by atoms with Crippen molar-refractivity contribution in [2.24, 2.45) is 0 Å². The Morgan fingerprint density at radius 1 is 0.431 bits per heavy atom. The van der Waals surface area contributed by atoms with E-state index in [1.807, 2.05) is 11.3 Å².